The number of nitrogens with one attached hydrogen (secondary N) is 1. The first-order valence-electron chi connectivity index (χ1n) is 12.0. The van der Waals surface area contributed by atoms with E-state index in [9.17, 15) is 4.79 Å². The zero-order chi connectivity index (χ0) is 24.2. The highest BCUT2D eigenvalue weighted by Gasteiger charge is 2.14. The number of aryl methyl sites for hydroxylation is 2. The Bertz CT molecular complexity index is 1300. The first-order valence-corrected chi connectivity index (χ1v) is 12.8. The number of hydrogen-bond donors (Lipinski definition) is 1. The third-order valence-electron chi connectivity index (χ3n) is 6.16. The number of rotatable bonds is 8. The fourth-order valence-electron chi connectivity index (χ4n) is 4.36. The monoisotopic (exact) mass is 490 g/mol. The third-order valence-corrected chi connectivity index (χ3v) is 7.23. The zero-order valence-corrected chi connectivity index (χ0v) is 21.0. The molecule has 1 aliphatic heterocycles. The van der Waals surface area contributed by atoms with Crippen molar-refractivity contribution in [1.82, 2.24) is 40.0 Å². The van der Waals surface area contributed by atoms with Crippen molar-refractivity contribution in [2.45, 2.75) is 52.7 Å². The van der Waals surface area contributed by atoms with E-state index in [1.165, 1.54) is 24.1 Å². The van der Waals surface area contributed by atoms with Crippen LogP contribution in [0.5, 0.6) is 0 Å². The number of carbonyl (C=O) groups excluding carboxylic acids is 1. The summed E-state index contributed by atoms with van der Waals surface area (Å²) in [6, 6.07) is 12.0. The van der Waals surface area contributed by atoms with Crippen molar-refractivity contribution in [2.75, 3.05) is 13.1 Å². The Balaban J connectivity index is 1.18. The van der Waals surface area contributed by atoms with Gasteiger partial charge in [0.2, 0.25) is 0 Å². The Morgan fingerprint density at radius 1 is 1.09 bits per heavy atom. The SMILES string of the molecule is Cc1nc(C)n(Cc2cn(-c3cccc(CNC(=O)c4ccc(CN5CCCCC5)s4)c3)nn2)n1. The van der Waals surface area contributed by atoms with Crippen LogP contribution in [0.4, 0.5) is 0 Å². The van der Waals surface area contributed by atoms with Gasteiger partial charge in [0.25, 0.3) is 5.91 Å². The second kappa shape index (κ2) is 10.5. The van der Waals surface area contributed by atoms with E-state index in [2.05, 4.69) is 36.7 Å². The second-order valence-electron chi connectivity index (χ2n) is 8.97. The van der Waals surface area contributed by atoms with Gasteiger partial charge < -0.3 is 5.32 Å². The lowest BCUT2D eigenvalue weighted by Crippen LogP contribution is -2.28. The number of likely N-dealkylation sites (tertiary alicyclic amines) is 1. The maximum Gasteiger partial charge on any atom is 0.261 e. The molecule has 0 saturated carbocycles. The van der Waals surface area contributed by atoms with Crippen molar-refractivity contribution in [3.63, 3.8) is 0 Å². The number of thiophene rings is 1. The van der Waals surface area contributed by atoms with E-state index in [1.54, 1.807) is 16.0 Å². The second-order valence-corrected chi connectivity index (χ2v) is 10.1. The number of amides is 1. The molecule has 0 bridgehead atoms. The van der Waals surface area contributed by atoms with Crippen molar-refractivity contribution in [1.29, 1.82) is 0 Å². The van der Waals surface area contributed by atoms with Crippen LogP contribution in [0.25, 0.3) is 5.69 Å². The lowest BCUT2D eigenvalue weighted by Gasteiger charge is -2.25. The van der Waals surface area contributed by atoms with Crippen molar-refractivity contribution < 1.29 is 4.79 Å². The summed E-state index contributed by atoms with van der Waals surface area (Å²) in [6.07, 6.45) is 5.77. The number of piperidine rings is 1. The predicted octanol–water partition coefficient (Wildman–Crippen LogP) is 3.50. The molecular weight excluding hydrogens is 460 g/mol. The maximum absolute atomic E-state index is 12.7. The minimum absolute atomic E-state index is 0.0353. The van der Waals surface area contributed by atoms with Gasteiger partial charge in [-0.2, -0.15) is 5.10 Å². The molecule has 0 aliphatic carbocycles. The molecule has 1 saturated heterocycles. The van der Waals surface area contributed by atoms with Crippen molar-refractivity contribution in [2.24, 2.45) is 0 Å². The van der Waals surface area contributed by atoms with Gasteiger partial charge in [0.15, 0.2) is 0 Å². The molecule has 1 amide bonds. The van der Waals surface area contributed by atoms with Crippen LogP contribution in [-0.4, -0.2) is 53.7 Å². The molecule has 10 heteroatoms. The van der Waals surface area contributed by atoms with E-state index in [0.717, 1.165) is 53.1 Å². The van der Waals surface area contributed by atoms with Crippen LogP contribution in [0.1, 0.15) is 56.7 Å². The number of benzene rings is 1. The molecule has 0 spiro atoms. The highest BCUT2D eigenvalue weighted by atomic mass is 32.1. The first-order chi connectivity index (χ1) is 17.0. The minimum atomic E-state index is -0.0353. The molecule has 0 unspecified atom stereocenters. The molecule has 1 fully saturated rings. The van der Waals surface area contributed by atoms with Crippen LogP contribution in [0.3, 0.4) is 0 Å². The van der Waals surface area contributed by atoms with Crippen LogP contribution in [0.2, 0.25) is 0 Å². The molecule has 35 heavy (non-hydrogen) atoms. The Kier molecular flexibility index (Phi) is 7.01. The van der Waals surface area contributed by atoms with Crippen molar-refractivity contribution >= 4 is 17.2 Å². The topological polar surface area (TPSA) is 93.8 Å². The molecule has 5 rings (SSSR count). The van der Waals surface area contributed by atoms with Gasteiger partial charge >= 0.3 is 0 Å². The molecule has 4 heterocycles. The summed E-state index contributed by atoms with van der Waals surface area (Å²) < 4.78 is 3.56. The molecule has 1 aliphatic rings. The lowest BCUT2D eigenvalue weighted by molar-refractivity contribution is 0.0955. The third kappa shape index (κ3) is 5.83. The van der Waals surface area contributed by atoms with Gasteiger partial charge in [-0.3, -0.25) is 9.69 Å². The van der Waals surface area contributed by atoms with Gasteiger partial charge in [-0.05, 0) is 69.6 Å². The molecule has 9 nitrogen and oxygen atoms in total. The van der Waals surface area contributed by atoms with E-state index in [4.69, 9.17) is 0 Å². The molecule has 0 radical (unpaired) electrons. The van der Waals surface area contributed by atoms with E-state index < -0.39 is 0 Å². The van der Waals surface area contributed by atoms with E-state index in [-0.39, 0.29) is 5.91 Å². The average molecular weight is 491 g/mol. The largest absolute Gasteiger partial charge is 0.347 e. The summed E-state index contributed by atoms with van der Waals surface area (Å²) in [6.45, 7) is 8.01. The Morgan fingerprint density at radius 3 is 2.74 bits per heavy atom. The average Bonchev–Trinajstić information content (AvgIpc) is 3.59. The summed E-state index contributed by atoms with van der Waals surface area (Å²) in [5, 5.41) is 16.0. The number of nitrogens with zero attached hydrogens (tertiary/aromatic N) is 7. The maximum atomic E-state index is 12.7. The minimum Gasteiger partial charge on any atom is -0.347 e. The van der Waals surface area contributed by atoms with Crippen LogP contribution in [0, 0.1) is 13.8 Å². The van der Waals surface area contributed by atoms with Crippen LogP contribution >= 0.6 is 11.3 Å². The van der Waals surface area contributed by atoms with Crippen LogP contribution in [-0.2, 0) is 19.6 Å². The van der Waals surface area contributed by atoms with Gasteiger partial charge in [0.05, 0.1) is 23.3 Å². The summed E-state index contributed by atoms with van der Waals surface area (Å²) in [4.78, 5) is 21.5. The highest BCUT2D eigenvalue weighted by molar-refractivity contribution is 7.14. The van der Waals surface area contributed by atoms with Gasteiger partial charge in [0.1, 0.15) is 17.3 Å². The summed E-state index contributed by atoms with van der Waals surface area (Å²) in [5.41, 5.74) is 2.69. The quantitative estimate of drug-likeness (QED) is 0.406. The van der Waals surface area contributed by atoms with Crippen LogP contribution in [0.15, 0.2) is 42.6 Å². The molecule has 182 valence electrons. The molecule has 4 aromatic rings. The van der Waals surface area contributed by atoms with Gasteiger partial charge in [-0.25, -0.2) is 14.3 Å². The van der Waals surface area contributed by atoms with Crippen molar-refractivity contribution in [3.8, 4) is 5.69 Å². The standard InChI is InChI=1S/C25H30N8OS/c1-18-27-19(2)32(29-18)15-21-16-33(30-28-21)22-8-6-7-20(13-22)14-26-25(34)24-10-9-23(35-24)17-31-11-4-3-5-12-31/h6-10,13,16H,3-5,11-12,14-15,17H2,1-2H3,(H,26,34). The summed E-state index contributed by atoms with van der Waals surface area (Å²) in [7, 11) is 0. The predicted molar refractivity (Wildman–Crippen MR) is 135 cm³/mol. The molecule has 1 N–H and O–H groups in total. The fourth-order valence-corrected chi connectivity index (χ4v) is 5.33. The number of hydrogen-bond acceptors (Lipinski definition) is 7. The van der Waals surface area contributed by atoms with Gasteiger partial charge in [-0.1, -0.05) is 23.8 Å². The van der Waals surface area contributed by atoms with E-state index in [1.807, 2.05) is 55.1 Å². The molecule has 0 atom stereocenters. The molecule has 1 aromatic carbocycles. The Labute approximate surface area is 208 Å². The normalized spacial score (nSPS) is 14.3. The summed E-state index contributed by atoms with van der Waals surface area (Å²) >= 11 is 1.59. The van der Waals surface area contributed by atoms with Gasteiger partial charge in [0, 0.05) is 18.0 Å². The molecule has 3 aromatic heterocycles. The lowest BCUT2D eigenvalue weighted by atomic mass is 10.1. The molecular formula is C25H30N8OS. The summed E-state index contributed by atoms with van der Waals surface area (Å²) in [5.74, 6) is 1.55. The Morgan fingerprint density at radius 2 is 1.94 bits per heavy atom. The van der Waals surface area contributed by atoms with Gasteiger partial charge in [-0.15, -0.1) is 16.4 Å². The zero-order valence-electron chi connectivity index (χ0n) is 20.1. The first kappa shape index (κ1) is 23.4. The smallest absolute Gasteiger partial charge is 0.261 e. The highest BCUT2D eigenvalue weighted by Crippen LogP contribution is 2.21. The van der Waals surface area contributed by atoms with E-state index in [0.29, 0.717) is 13.1 Å². The fraction of sp³-hybridized carbons (Fsp3) is 0.400. The number of aromatic nitrogens is 6. The van der Waals surface area contributed by atoms with E-state index >= 15 is 0 Å². The van der Waals surface area contributed by atoms with Crippen LogP contribution < -0.4 is 5.32 Å². The van der Waals surface area contributed by atoms with Crippen molar-refractivity contribution in [3.05, 3.63) is 75.3 Å². The number of carbonyl (C=O) groups is 1. The Hall–Kier alpha value is -3.37.